The number of benzene rings is 1. The van der Waals surface area contributed by atoms with E-state index in [1.165, 1.54) is 25.7 Å². The number of carbonyl (C=O) groups is 1. The van der Waals surface area contributed by atoms with Gasteiger partial charge in [-0.3, -0.25) is 4.79 Å². The van der Waals surface area contributed by atoms with Crippen LogP contribution in [0.1, 0.15) is 54.6 Å². The first-order valence-electron chi connectivity index (χ1n) is 11.6. The van der Waals surface area contributed by atoms with Crippen LogP contribution in [0.3, 0.4) is 0 Å². The number of rotatable bonds is 4. The standard InChI is InChI=1S/C24H28BrF2N5O/c1-16-14-20(30-22(28-16)32-12-8-24(26,27)9-13-32)29-21(33)17-2-3-18(25)19(15-17)31-10-6-23(4-5-23)7-11-31/h2-3,14-15H,4-13H2,1H3,(H,28,29,30,33). The number of amides is 1. The van der Waals surface area contributed by atoms with Gasteiger partial charge in [-0.15, -0.1) is 0 Å². The van der Waals surface area contributed by atoms with Crippen LogP contribution < -0.4 is 15.1 Å². The van der Waals surface area contributed by atoms with E-state index in [1.807, 2.05) is 12.1 Å². The molecule has 6 nitrogen and oxygen atoms in total. The van der Waals surface area contributed by atoms with Crippen LogP contribution in [0.5, 0.6) is 0 Å². The summed E-state index contributed by atoms with van der Waals surface area (Å²) in [4.78, 5) is 26.0. The van der Waals surface area contributed by atoms with Crippen molar-refractivity contribution in [2.24, 2.45) is 5.41 Å². The second-order valence-corrected chi connectivity index (χ2v) is 10.5. The molecule has 33 heavy (non-hydrogen) atoms. The molecule has 0 unspecified atom stereocenters. The Balaban J connectivity index is 1.30. The summed E-state index contributed by atoms with van der Waals surface area (Å²) in [7, 11) is 0. The third-order valence-electron chi connectivity index (χ3n) is 7.19. The number of aromatic nitrogens is 2. The molecule has 1 aliphatic carbocycles. The fourth-order valence-electron chi connectivity index (χ4n) is 4.78. The second kappa shape index (κ2) is 8.49. The van der Waals surface area contributed by atoms with Crippen molar-refractivity contribution in [3.8, 4) is 0 Å². The van der Waals surface area contributed by atoms with Crippen LogP contribution in [0.25, 0.3) is 0 Å². The molecule has 3 aliphatic rings. The van der Waals surface area contributed by atoms with Gasteiger partial charge in [0, 0.05) is 60.8 Å². The molecule has 2 saturated heterocycles. The van der Waals surface area contributed by atoms with Gasteiger partial charge in [0.25, 0.3) is 11.8 Å². The lowest BCUT2D eigenvalue weighted by atomic mass is 9.93. The highest BCUT2D eigenvalue weighted by Gasteiger charge is 2.44. The first-order valence-corrected chi connectivity index (χ1v) is 12.4. The highest BCUT2D eigenvalue weighted by atomic mass is 79.9. The third kappa shape index (κ3) is 4.98. The van der Waals surface area contributed by atoms with Gasteiger partial charge < -0.3 is 15.1 Å². The number of anilines is 3. The Kier molecular flexibility index (Phi) is 5.79. The molecule has 0 radical (unpaired) electrons. The normalized spacial score (nSPS) is 21.2. The van der Waals surface area contributed by atoms with Crippen molar-refractivity contribution in [2.75, 3.05) is 41.3 Å². The molecule has 2 aromatic rings. The number of aryl methyl sites for hydroxylation is 1. The van der Waals surface area contributed by atoms with Gasteiger partial charge in [-0.05, 0) is 72.2 Å². The van der Waals surface area contributed by atoms with Gasteiger partial charge in [0.1, 0.15) is 5.82 Å². The van der Waals surface area contributed by atoms with Crippen LogP contribution in [0.4, 0.5) is 26.2 Å². The number of nitrogens with zero attached hydrogens (tertiary/aromatic N) is 4. The number of halogens is 3. The Morgan fingerprint density at radius 2 is 1.64 bits per heavy atom. The Morgan fingerprint density at radius 1 is 0.970 bits per heavy atom. The summed E-state index contributed by atoms with van der Waals surface area (Å²) in [5.41, 5.74) is 2.85. The monoisotopic (exact) mass is 519 g/mol. The van der Waals surface area contributed by atoms with Gasteiger partial charge in [-0.2, -0.15) is 4.98 Å². The second-order valence-electron chi connectivity index (χ2n) is 9.64. The number of hydrogen-bond donors (Lipinski definition) is 1. The van der Waals surface area contributed by atoms with Crippen molar-refractivity contribution in [3.63, 3.8) is 0 Å². The zero-order valence-electron chi connectivity index (χ0n) is 18.7. The fraction of sp³-hybridized carbons (Fsp3) is 0.542. The summed E-state index contributed by atoms with van der Waals surface area (Å²) < 4.78 is 28.0. The van der Waals surface area contributed by atoms with Crippen LogP contribution in [-0.2, 0) is 0 Å². The highest BCUT2D eigenvalue weighted by Crippen LogP contribution is 2.54. The van der Waals surface area contributed by atoms with E-state index in [-0.39, 0.29) is 31.8 Å². The summed E-state index contributed by atoms with van der Waals surface area (Å²) in [6.07, 6.45) is 4.69. The molecule has 1 spiro atoms. The molecule has 1 aromatic carbocycles. The smallest absolute Gasteiger partial charge is 0.256 e. The molecule has 0 atom stereocenters. The summed E-state index contributed by atoms with van der Waals surface area (Å²) in [6.45, 7) is 4.20. The molecule has 2 aliphatic heterocycles. The zero-order valence-corrected chi connectivity index (χ0v) is 20.3. The molecule has 1 aromatic heterocycles. The van der Waals surface area contributed by atoms with E-state index in [1.54, 1.807) is 24.0 Å². The van der Waals surface area contributed by atoms with Crippen LogP contribution in [-0.4, -0.2) is 48.0 Å². The summed E-state index contributed by atoms with van der Waals surface area (Å²) in [5.74, 6) is -2.14. The minimum atomic E-state index is -2.63. The van der Waals surface area contributed by atoms with Crippen LogP contribution in [0, 0.1) is 12.3 Å². The lowest BCUT2D eigenvalue weighted by Crippen LogP contribution is -2.40. The maximum absolute atomic E-state index is 13.5. The molecule has 0 bridgehead atoms. The quantitative estimate of drug-likeness (QED) is 0.584. The Morgan fingerprint density at radius 3 is 2.30 bits per heavy atom. The van der Waals surface area contributed by atoms with Crippen LogP contribution in [0.2, 0.25) is 0 Å². The Labute approximate surface area is 200 Å². The molecule has 9 heteroatoms. The van der Waals surface area contributed by atoms with Gasteiger partial charge in [-0.1, -0.05) is 0 Å². The first-order chi connectivity index (χ1) is 15.7. The third-order valence-corrected chi connectivity index (χ3v) is 7.86. The Bertz CT molecular complexity index is 1050. The highest BCUT2D eigenvalue weighted by molar-refractivity contribution is 9.10. The molecule has 1 amide bonds. The number of carbonyl (C=O) groups excluding carboxylic acids is 1. The van der Waals surface area contributed by atoms with E-state index < -0.39 is 5.92 Å². The van der Waals surface area contributed by atoms with E-state index >= 15 is 0 Å². The number of piperidine rings is 2. The maximum atomic E-state index is 13.5. The first kappa shape index (κ1) is 22.5. The Hall–Kier alpha value is -2.29. The minimum absolute atomic E-state index is 0.192. The summed E-state index contributed by atoms with van der Waals surface area (Å²) >= 11 is 3.64. The predicted octanol–water partition coefficient (Wildman–Crippen LogP) is 5.42. The van der Waals surface area contributed by atoms with E-state index in [4.69, 9.17) is 0 Å². The van der Waals surface area contributed by atoms with Gasteiger partial charge >= 0.3 is 0 Å². The lowest BCUT2D eigenvalue weighted by Gasteiger charge is -2.34. The van der Waals surface area contributed by atoms with Gasteiger partial charge in [0.2, 0.25) is 5.95 Å². The molecule has 5 rings (SSSR count). The van der Waals surface area contributed by atoms with Crippen LogP contribution >= 0.6 is 15.9 Å². The van der Waals surface area contributed by atoms with E-state index in [0.717, 1.165) is 23.2 Å². The maximum Gasteiger partial charge on any atom is 0.256 e. The zero-order chi connectivity index (χ0) is 23.2. The average molecular weight is 520 g/mol. The predicted molar refractivity (Wildman–Crippen MR) is 128 cm³/mol. The van der Waals surface area contributed by atoms with Crippen molar-refractivity contribution < 1.29 is 13.6 Å². The van der Waals surface area contributed by atoms with Crippen molar-refractivity contribution in [2.45, 2.75) is 51.4 Å². The topological polar surface area (TPSA) is 61.4 Å². The van der Waals surface area contributed by atoms with Crippen LogP contribution in [0.15, 0.2) is 28.7 Å². The van der Waals surface area contributed by atoms with E-state index in [9.17, 15) is 13.6 Å². The average Bonchev–Trinajstić information content (AvgIpc) is 3.53. The van der Waals surface area contributed by atoms with Gasteiger partial charge in [-0.25, -0.2) is 13.8 Å². The van der Waals surface area contributed by atoms with Gasteiger partial charge in [0.15, 0.2) is 0 Å². The summed E-state index contributed by atoms with van der Waals surface area (Å²) in [6, 6.07) is 7.32. The van der Waals surface area contributed by atoms with Gasteiger partial charge in [0.05, 0.1) is 5.69 Å². The molecular weight excluding hydrogens is 492 g/mol. The van der Waals surface area contributed by atoms with Crippen molar-refractivity contribution in [1.29, 1.82) is 0 Å². The largest absolute Gasteiger partial charge is 0.371 e. The fourth-order valence-corrected chi connectivity index (χ4v) is 5.27. The van der Waals surface area contributed by atoms with Crippen molar-refractivity contribution in [1.82, 2.24) is 9.97 Å². The molecule has 1 saturated carbocycles. The van der Waals surface area contributed by atoms with E-state index in [0.29, 0.717) is 28.4 Å². The van der Waals surface area contributed by atoms with Crippen molar-refractivity contribution >= 4 is 39.3 Å². The molecule has 1 N–H and O–H groups in total. The molecule has 3 fully saturated rings. The number of hydrogen-bond acceptors (Lipinski definition) is 5. The SMILES string of the molecule is Cc1cc(NC(=O)c2ccc(Br)c(N3CCC4(CC3)CC4)c2)nc(N2CCC(F)(F)CC2)n1. The number of alkyl halides is 2. The van der Waals surface area contributed by atoms with Crippen molar-refractivity contribution in [3.05, 3.63) is 40.0 Å². The minimum Gasteiger partial charge on any atom is -0.371 e. The van der Waals surface area contributed by atoms with E-state index in [2.05, 4.69) is 36.1 Å². The lowest BCUT2D eigenvalue weighted by molar-refractivity contribution is -0.0222. The summed E-state index contributed by atoms with van der Waals surface area (Å²) in [5, 5.41) is 2.87. The molecule has 3 heterocycles. The number of nitrogens with one attached hydrogen (secondary N) is 1. The molecular formula is C24H28BrF2N5O. The molecule has 176 valence electrons.